The van der Waals surface area contributed by atoms with Gasteiger partial charge < -0.3 is 4.42 Å². The lowest BCUT2D eigenvalue weighted by Gasteiger charge is -1.98. The van der Waals surface area contributed by atoms with Gasteiger partial charge >= 0.3 is 10.4 Å². The molecule has 0 unspecified atom stereocenters. The van der Waals surface area contributed by atoms with Crippen molar-refractivity contribution in [2.45, 2.75) is 6.54 Å². The van der Waals surface area contributed by atoms with Gasteiger partial charge in [0.25, 0.3) is 0 Å². The molecule has 8 heteroatoms. The second-order valence-corrected chi connectivity index (χ2v) is 5.65. The van der Waals surface area contributed by atoms with Crippen molar-refractivity contribution in [3.8, 4) is 11.5 Å². The zero-order chi connectivity index (χ0) is 15.6. The van der Waals surface area contributed by atoms with E-state index in [9.17, 15) is 8.42 Å². The van der Waals surface area contributed by atoms with E-state index in [0.717, 1.165) is 16.7 Å². The third kappa shape index (κ3) is 3.48. The summed E-state index contributed by atoms with van der Waals surface area (Å²) in [6.07, 6.45) is 3.50. The Hall–Kier alpha value is -2.29. The number of pyridine rings is 1. The van der Waals surface area contributed by atoms with E-state index in [4.69, 9.17) is 8.97 Å². The van der Waals surface area contributed by atoms with Crippen molar-refractivity contribution in [3.05, 3.63) is 48.8 Å². The van der Waals surface area contributed by atoms with E-state index >= 15 is 0 Å². The van der Waals surface area contributed by atoms with E-state index in [1.807, 2.05) is 24.3 Å². The zero-order valence-corrected chi connectivity index (χ0v) is 12.2. The molecule has 114 valence electrons. The van der Waals surface area contributed by atoms with Crippen molar-refractivity contribution in [2.24, 2.45) is 0 Å². The Morgan fingerprint density at radius 2 is 1.91 bits per heavy atom. The van der Waals surface area contributed by atoms with E-state index in [1.54, 1.807) is 29.1 Å². The first-order chi connectivity index (χ1) is 10.5. The van der Waals surface area contributed by atoms with Crippen LogP contribution in [0.5, 0.6) is 0 Å². The zero-order valence-electron chi connectivity index (χ0n) is 11.4. The number of nitrogens with zero attached hydrogens (tertiary/aromatic N) is 2. The highest BCUT2D eigenvalue weighted by Gasteiger charge is 2.11. The third-order valence-electron chi connectivity index (χ3n) is 3.01. The number of para-hydroxylation sites is 2. The Morgan fingerprint density at radius 3 is 2.59 bits per heavy atom. The van der Waals surface area contributed by atoms with Gasteiger partial charge in [0.15, 0.2) is 24.5 Å². The highest BCUT2D eigenvalue weighted by molar-refractivity contribution is 7.80. The summed E-state index contributed by atoms with van der Waals surface area (Å²) in [5.41, 5.74) is 2.31. The Labute approximate surface area is 126 Å². The maximum atomic E-state index is 10.4. The van der Waals surface area contributed by atoms with Gasteiger partial charge in [0, 0.05) is 17.7 Å². The molecule has 22 heavy (non-hydrogen) atoms. The summed E-state index contributed by atoms with van der Waals surface area (Å²) in [5.74, 6) is 0.516. The number of hydrogen-bond donors (Lipinski definition) is 1. The van der Waals surface area contributed by atoms with Crippen LogP contribution in [0.25, 0.3) is 22.6 Å². The van der Waals surface area contributed by atoms with Crippen molar-refractivity contribution in [2.75, 3.05) is 6.61 Å². The predicted molar refractivity (Wildman–Crippen MR) is 77.1 cm³/mol. The molecule has 0 atom stereocenters. The first-order valence-electron chi connectivity index (χ1n) is 6.48. The first kappa shape index (κ1) is 14.6. The maximum Gasteiger partial charge on any atom is 0.397 e. The normalized spacial score (nSPS) is 11.9. The molecule has 0 fully saturated rings. The quantitative estimate of drug-likeness (QED) is 0.567. The second-order valence-electron chi connectivity index (χ2n) is 4.56. The highest BCUT2D eigenvalue weighted by Crippen LogP contribution is 2.22. The minimum atomic E-state index is -4.40. The van der Waals surface area contributed by atoms with Crippen LogP contribution in [0, 0.1) is 0 Å². The van der Waals surface area contributed by atoms with E-state index in [-0.39, 0.29) is 13.2 Å². The van der Waals surface area contributed by atoms with Crippen LogP contribution in [-0.4, -0.2) is 24.6 Å². The topological polar surface area (TPSA) is 93.5 Å². The van der Waals surface area contributed by atoms with Crippen LogP contribution in [-0.2, 0) is 21.1 Å². The van der Waals surface area contributed by atoms with Gasteiger partial charge in [0.05, 0.1) is 0 Å². The molecule has 3 rings (SSSR count). The minimum absolute atomic E-state index is 0.147. The Balaban J connectivity index is 1.73. The Kier molecular flexibility index (Phi) is 3.88. The summed E-state index contributed by atoms with van der Waals surface area (Å²) in [5, 5.41) is 0. The van der Waals surface area contributed by atoms with Crippen LogP contribution in [0.4, 0.5) is 0 Å². The fourth-order valence-electron chi connectivity index (χ4n) is 1.99. The summed E-state index contributed by atoms with van der Waals surface area (Å²) in [4.78, 5) is 4.39. The van der Waals surface area contributed by atoms with Crippen LogP contribution in [0.1, 0.15) is 0 Å². The minimum Gasteiger partial charge on any atom is -0.436 e. The van der Waals surface area contributed by atoms with Crippen molar-refractivity contribution >= 4 is 21.5 Å². The molecule has 0 aliphatic heterocycles. The van der Waals surface area contributed by atoms with Gasteiger partial charge in [-0.05, 0) is 12.1 Å². The van der Waals surface area contributed by atoms with Crippen molar-refractivity contribution in [1.29, 1.82) is 0 Å². The molecule has 1 aromatic carbocycles. The standard InChI is InChI=1S/C14H12N2O5S/c17-22(18,19)20-10-9-16-7-5-11(6-8-16)14-15-12-3-1-2-4-13(12)21-14/h1-8H,9-10H2/p+1. The smallest absolute Gasteiger partial charge is 0.397 e. The summed E-state index contributed by atoms with van der Waals surface area (Å²) in [6, 6.07) is 11.1. The summed E-state index contributed by atoms with van der Waals surface area (Å²) >= 11 is 0. The molecule has 2 aromatic heterocycles. The molecule has 0 spiro atoms. The average Bonchev–Trinajstić information content (AvgIpc) is 2.90. The van der Waals surface area contributed by atoms with Gasteiger partial charge in [-0.15, -0.1) is 0 Å². The van der Waals surface area contributed by atoms with Gasteiger partial charge in [0.2, 0.25) is 5.89 Å². The van der Waals surface area contributed by atoms with E-state index < -0.39 is 10.4 Å². The molecule has 3 aromatic rings. The lowest BCUT2D eigenvalue weighted by atomic mass is 10.2. The monoisotopic (exact) mass is 321 g/mol. The summed E-state index contributed by atoms with van der Waals surface area (Å²) < 4.78 is 41.0. The van der Waals surface area contributed by atoms with E-state index in [2.05, 4.69) is 9.17 Å². The molecule has 0 aliphatic rings. The molecule has 0 aliphatic carbocycles. The number of rotatable bonds is 5. The molecule has 2 heterocycles. The number of fused-ring (bicyclic) bond motifs is 1. The number of aromatic nitrogens is 2. The van der Waals surface area contributed by atoms with Crippen molar-refractivity contribution in [3.63, 3.8) is 0 Å². The van der Waals surface area contributed by atoms with Crippen LogP contribution in [0.15, 0.2) is 53.2 Å². The maximum absolute atomic E-state index is 10.4. The fraction of sp³-hybridized carbons (Fsp3) is 0.143. The largest absolute Gasteiger partial charge is 0.436 e. The average molecular weight is 321 g/mol. The third-order valence-corrected chi connectivity index (χ3v) is 3.48. The number of oxazole rings is 1. The number of hydrogen-bond acceptors (Lipinski definition) is 5. The van der Waals surface area contributed by atoms with Crippen LogP contribution >= 0.6 is 0 Å². The summed E-state index contributed by atoms with van der Waals surface area (Å²) in [7, 11) is -4.40. The van der Waals surface area contributed by atoms with Crippen LogP contribution < -0.4 is 4.57 Å². The van der Waals surface area contributed by atoms with Crippen molar-refractivity contribution in [1.82, 2.24) is 4.98 Å². The molecule has 0 saturated carbocycles. The molecular formula is C14H13N2O5S+. The highest BCUT2D eigenvalue weighted by atomic mass is 32.3. The molecule has 7 nitrogen and oxygen atoms in total. The van der Waals surface area contributed by atoms with Gasteiger partial charge in [-0.3, -0.25) is 4.55 Å². The molecule has 0 amide bonds. The summed E-state index contributed by atoms with van der Waals surface area (Å²) in [6.45, 7) is 0.138. The van der Waals surface area contributed by atoms with E-state index in [1.165, 1.54) is 0 Å². The SMILES string of the molecule is O=S(=O)(O)OCC[n+]1ccc(-c2nc3ccccc3o2)cc1. The Bertz CT molecular complexity index is 854. The van der Waals surface area contributed by atoms with Gasteiger partial charge in [-0.1, -0.05) is 12.1 Å². The van der Waals surface area contributed by atoms with Crippen molar-refractivity contribution < 1.29 is 26.1 Å². The molecule has 0 radical (unpaired) electrons. The van der Waals surface area contributed by atoms with Crippen LogP contribution in [0.3, 0.4) is 0 Å². The molecule has 0 saturated heterocycles. The molecule has 0 bridgehead atoms. The van der Waals surface area contributed by atoms with Gasteiger partial charge in [-0.2, -0.15) is 8.42 Å². The lowest BCUT2D eigenvalue weighted by molar-refractivity contribution is -0.697. The molecule has 1 N–H and O–H groups in total. The predicted octanol–water partition coefficient (Wildman–Crippen LogP) is 1.60. The van der Waals surface area contributed by atoms with Gasteiger partial charge in [0.1, 0.15) is 12.1 Å². The fourth-order valence-corrected chi connectivity index (χ4v) is 2.28. The lowest BCUT2D eigenvalue weighted by Crippen LogP contribution is -2.35. The number of benzene rings is 1. The van der Waals surface area contributed by atoms with Crippen LogP contribution in [0.2, 0.25) is 0 Å². The Morgan fingerprint density at radius 1 is 1.18 bits per heavy atom. The molecular weight excluding hydrogens is 308 g/mol. The van der Waals surface area contributed by atoms with Gasteiger partial charge in [-0.25, -0.2) is 13.7 Å². The second kappa shape index (κ2) is 5.84. The van der Waals surface area contributed by atoms with E-state index in [0.29, 0.717) is 5.89 Å². The first-order valence-corrected chi connectivity index (χ1v) is 7.85.